The van der Waals surface area contributed by atoms with Gasteiger partial charge in [0.1, 0.15) is 5.69 Å². The molecule has 2 rings (SSSR count). The minimum atomic E-state index is -0.840. The summed E-state index contributed by atoms with van der Waals surface area (Å²) < 4.78 is 0. The Morgan fingerprint density at radius 3 is 3.00 bits per heavy atom. The molecule has 1 unspecified atom stereocenters. The second-order valence-corrected chi connectivity index (χ2v) is 5.18. The molecule has 6 nitrogen and oxygen atoms in total. The summed E-state index contributed by atoms with van der Waals surface area (Å²) in [5, 5.41) is 11.4. The lowest BCUT2D eigenvalue weighted by Gasteiger charge is -2.13. The predicted molar refractivity (Wildman–Crippen MR) is 66.5 cm³/mol. The van der Waals surface area contributed by atoms with Crippen molar-refractivity contribution in [3.8, 4) is 0 Å². The molecule has 7 heteroatoms. The Bertz CT molecular complexity index is 460. The number of hydrogen-bond acceptors (Lipinski definition) is 5. The number of amides is 1. The first-order valence-corrected chi connectivity index (χ1v) is 6.66. The van der Waals surface area contributed by atoms with Gasteiger partial charge in [-0.2, -0.15) is 0 Å². The Morgan fingerprint density at radius 1 is 1.61 bits per heavy atom. The van der Waals surface area contributed by atoms with Gasteiger partial charge in [-0.1, -0.05) is 0 Å². The van der Waals surface area contributed by atoms with E-state index in [0.717, 1.165) is 5.01 Å². The monoisotopic (exact) mass is 269 g/mol. The minimum absolute atomic E-state index is 0.182. The van der Waals surface area contributed by atoms with Crippen LogP contribution in [0.4, 0.5) is 0 Å². The molecule has 1 fully saturated rings. The summed E-state index contributed by atoms with van der Waals surface area (Å²) in [6, 6.07) is 0. The summed E-state index contributed by atoms with van der Waals surface area (Å²) in [6.07, 6.45) is 1.18. The molecule has 1 aliphatic heterocycles. The third kappa shape index (κ3) is 2.68. The van der Waals surface area contributed by atoms with Gasteiger partial charge in [-0.15, -0.1) is 11.3 Å². The quantitative estimate of drug-likeness (QED) is 0.813. The first-order chi connectivity index (χ1) is 8.61. The van der Waals surface area contributed by atoms with Crippen molar-refractivity contribution >= 4 is 23.2 Å². The van der Waals surface area contributed by atoms with Gasteiger partial charge >= 0.3 is 5.97 Å². The molecule has 0 saturated carbocycles. The van der Waals surface area contributed by atoms with E-state index < -0.39 is 11.9 Å². The van der Waals surface area contributed by atoms with Gasteiger partial charge in [-0.25, -0.2) is 4.98 Å². The van der Waals surface area contributed by atoms with E-state index in [-0.39, 0.29) is 12.5 Å². The van der Waals surface area contributed by atoms with E-state index in [1.54, 1.807) is 10.3 Å². The van der Waals surface area contributed by atoms with Gasteiger partial charge in [0, 0.05) is 24.9 Å². The van der Waals surface area contributed by atoms with E-state index in [9.17, 15) is 9.59 Å². The summed E-state index contributed by atoms with van der Waals surface area (Å²) in [5.41, 5.74) is 5.82. The second kappa shape index (κ2) is 5.45. The molecule has 0 bridgehead atoms. The van der Waals surface area contributed by atoms with E-state index in [1.807, 2.05) is 0 Å². The molecular formula is C11H15N3O3S. The normalized spacial score (nSPS) is 19.2. The summed E-state index contributed by atoms with van der Waals surface area (Å²) in [7, 11) is 0. The molecule has 1 aliphatic rings. The molecule has 3 N–H and O–H groups in total. The van der Waals surface area contributed by atoms with Gasteiger partial charge in [-0.3, -0.25) is 9.59 Å². The Hall–Kier alpha value is -1.47. The number of carboxylic acids is 1. The van der Waals surface area contributed by atoms with Crippen LogP contribution in [0.25, 0.3) is 0 Å². The lowest BCUT2D eigenvalue weighted by atomic mass is 10.1. The van der Waals surface area contributed by atoms with Crippen molar-refractivity contribution < 1.29 is 14.7 Å². The van der Waals surface area contributed by atoms with E-state index in [0.29, 0.717) is 31.6 Å². The number of carbonyl (C=O) groups excluding carboxylic acids is 1. The number of carboxylic acid groups (broad SMARTS) is 1. The van der Waals surface area contributed by atoms with E-state index in [1.165, 1.54) is 11.3 Å². The first-order valence-electron chi connectivity index (χ1n) is 5.78. The van der Waals surface area contributed by atoms with Crippen molar-refractivity contribution in [1.29, 1.82) is 0 Å². The van der Waals surface area contributed by atoms with Crippen LogP contribution in [0, 0.1) is 5.92 Å². The van der Waals surface area contributed by atoms with Crippen LogP contribution >= 0.6 is 11.3 Å². The third-order valence-corrected chi connectivity index (χ3v) is 3.86. The minimum Gasteiger partial charge on any atom is -0.481 e. The van der Waals surface area contributed by atoms with Crippen LogP contribution in [0.15, 0.2) is 5.38 Å². The molecule has 0 aromatic carbocycles. The zero-order valence-electron chi connectivity index (χ0n) is 9.83. The summed E-state index contributed by atoms with van der Waals surface area (Å²) >= 11 is 1.41. The van der Waals surface area contributed by atoms with Crippen LogP contribution in [-0.2, 0) is 11.2 Å². The molecule has 2 heterocycles. The lowest BCUT2D eigenvalue weighted by molar-refractivity contribution is -0.141. The zero-order chi connectivity index (χ0) is 13.1. The molecule has 98 valence electrons. The van der Waals surface area contributed by atoms with Crippen LogP contribution in [0.1, 0.15) is 21.9 Å². The zero-order valence-corrected chi connectivity index (χ0v) is 10.7. The molecular weight excluding hydrogens is 254 g/mol. The maximum atomic E-state index is 12.1. The van der Waals surface area contributed by atoms with Crippen molar-refractivity contribution in [3.63, 3.8) is 0 Å². The van der Waals surface area contributed by atoms with E-state index in [2.05, 4.69) is 4.98 Å². The lowest BCUT2D eigenvalue weighted by Crippen LogP contribution is -2.30. The largest absolute Gasteiger partial charge is 0.481 e. The maximum Gasteiger partial charge on any atom is 0.308 e. The van der Waals surface area contributed by atoms with Gasteiger partial charge in [0.2, 0.25) is 0 Å². The Morgan fingerprint density at radius 2 is 2.39 bits per heavy atom. The molecule has 1 aromatic rings. The highest BCUT2D eigenvalue weighted by molar-refractivity contribution is 7.09. The summed E-state index contributed by atoms with van der Waals surface area (Å²) in [5.74, 6) is -1.47. The number of aliphatic carboxylic acids is 1. The number of rotatable bonds is 4. The number of thiazole rings is 1. The van der Waals surface area contributed by atoms with Gasteiger partial charge in [0.25, 0.3) is 5.91 Å². The average Bonchev–Trinajstić information content (AvgIpc) is 2.97. The Balaban J connectivity index is 2.01. The molecule has 1 aromatic heterocycles. The van der Waals surface area contributed by atoms with Crippen LogP contribution in [0.2, 0.25) is 0 Å². The van der Waals surface area contributed by atoms with Crippen molar-refractivity contribution in [1.82, 2.24) is 9.88 Å². The Kier molecular flexibility index (Phi) is 3.93. The summed E-state index contributed by atoms with van der Waals surface area (Å²) in [4.78, 5) is 28.7. The predicted octanol–water partition coefficient (Wildman–Crippen LogP) is 0.191. The molecule has 0 spiro atoms. The summed E-state index contributed by atoms with van der Waals surface area (Å²) in [6.45, 7) is 1.27. The van der Waals surface area contributed by atoms with Crippen molar-refractivity contribution in [2.24, 2.45) is 11.7 Å². The number of hydrogen-bond donors (Lipinski definition) is 2. The standard InChI is InChI=1S/C11H15N3O3S/c12-3-1-9-13-8(6-18-9)10(15)14-4-2-7(5-14)11(16)17/h6-7H,1-5,12H2,(H,16,17). The van der Waals surface area contributed by atoms with Crippen LogP contribution in [-0.4, -0.2) is 46.5 Å². The van der Waals surface area contributed by atoms with Crippen molar-refractivity contribution in [3.05, 3.63) is 16.1 Å². The highest BCUT2D eigenvalue weighted by Crippen LogP contribution is 2.20. The number of nitrogens with two attached hydrogens (primary N) is 1. The van der Waals surface area contributed by atoms with Crippen molar-refractivity contribution in [2.45, 2.75) is 12.8 Å². The third-order valence-electron chi connectivity index (χ3n) is 2.95. The van der Waals surface area contributed by atoms with Gasteiger partial charge in [0.05, 0.1) is 10.9 Å². The van der Waals surface area contributed by atoms with Crippen LogP contribution < -0.4 is 5.73 Å². The number of likely N-dealkylation sites (tertiary alicyclic amines) is 1. The smallest absolute Gasteiger partial charge is 0.308 e. The fourth-order valence-electron chi connectivity index (χ4n) is 1.96. The van der Waals surface area contributed by atoms with Crippen LogP contribution in [0.5, 0.6) is 0 Å². The fraction of sp³-hybridized carbons (Fsp3) is 0.545. The van der Waals surface area contributed by atoms with Gasteiger partial charge in [0.15, 0.2) is 0 Å². The molecule has 18 heavy (non-hydrogen) atoms. The average molecular weight is 269 g/mol. The SMILES string of the molecule is NCCc1nc(C(=O)N2CCC(C(=O)O)C2)cs1. The number of nitrogens with zero attached hydrogens (tertiary/aromatic N) is 2. The van der Waals surface area contributed by atoms with Crippen LogP contribution in [0.3, 0.4) is 0 Å². The second-order valence-electron chi connectivity index (χ2n) is 4.24. The van der Waals surface area contributed by atoms with E-state index in [4.69, 9.17) is 10.8 Å². The fourth-order valence-corrected chi connectivity index (χ4v) is 2.74. The first kappa shape index (κ1) is 13.0. The highest BCUT2D eigenvalue weighted by atomic mass is 32.1. The molecule has 0 radical (unpaired) electrons. The maximum absolute atomic E-state index is 12.1. The van der Waals surface area contributed by atoms with Crippen molar-refractivity contribution in [2.75, 3.05) is 19.6 Å². The molecule has 0 aliphatic carbocycles. The van der Waals surface area contributed by atoms with Gasteiger partial charge < -0.3 is 15.7 Å². The topological polar surface area (TPSA) is 96.5 Å². The number of carbonyl (C=O) groups is 2. The Labute approximate surface area is 108 Å². The molecule has 1 saturated heterocycles. The number of aromatic nitrogens is 1. The van der Waals surface area contributed by atoms with E-state index >= 15 is 0 Å². The molecule has 1 amide bonds. The van der Waals surface area contributed by atoms with Gasteiger partial charge in [-0.05, 0) is 13.0 Å². The highest BCUT2D eigenvalue weighted by Gasteiger charge is 2.32. The molecule has 1 atom stereocenters.